The van der Waals surface area contributed by atoms with Crippen molar-refractivity contribution in [2.24, 2.45) is 0 Å². The number of anilines is 4. The van der Waals surface area contributed by atoms with E-state index >= 15 is 0 Å². The van der Waals surface area contributed by atoms with E-state index in [9.17, 15) is 0 Å². The third kappa shape index (κ3) is 6.12. The lowest BCUT2D eigenvalue weighted by molar-refractivity contribution is 0.765. The molecule has 0 spiro atoms. The van der Waals surface area contributed by atoms with Gasteiger partial charge in [-0.3, -0.25) is 0 Å². The summed E-state index contributed by atoms with van der Waals surface area (Å²) in [6, 6.07) is 26.8. The van der Waals surface area contributed by atoms with Gasteiger partial charge in [-0.15, -0.1) is 0 Å². The molecule has 0 aliphatic heterocycles. The van der Waals surface area contributed by atoms with Gasteiger partial charge in [0.05, 0.1) is 0 Å². The molecule has 0 aliphatic carbocycles. The predicted octanol–water partition coefficient (Wildman–Crippen LogP) is 6.15. The van der Waals surface area contributed by atoms with Gasteiger partial charge in [-0.1, -0.05) is 60.2 Å². The molecular formula is C26H27N5. The first-order valence-electron chi connectivity index (χ1n) is 10.6. The van der Waals surface area contributed by atoms with Crippen LogP contribution < -0.4 is 10.6 Å². The lowest BCUT2D eigenvalue weighted by Gasteiger charge is -2.11. The standard InChI is InChI=1S/C26H27N5/c1-19-9-6-11-21(17-19)12-8-16-24-29-25(27-22-13-4-3-5-14-22)31-26(30-24)28-23-15-7-10-20(2)18-23/h3-7,9-11,13-15,17-18H,8,12,16H2,1-2H3,(H2,27,28,29,30,31). The molecule has 0 amide bonds. The molecule has 0 fully saturated rings. The fourth-order valence-corrected chi connectivity index (χ4v) is 3.46. The SMILES string of the molecule is Cc1cccc(CCCc2nc(Nc3ccccc3)nc(Nc3cccc(C)c3)n2)c1. The van der Waals surface area contributed by atoms with E-state index < -0.39 is 0 Å². The van der Waals surface area contributed by atoms with E-state index in [1.54, 1.807) is 0 Å². The zero-order valence-electron chi connectivity index (χ0n) is 18.0. The molecule has 1 aromatic heterocycles. The molecule has 5 heteroatoms. The van der Waals surface area contributed by atoms with Crippen molar-refractivity contribution in [3.05, 3.63) is 101 Å². The van der Waals surface area contributed by atoms with Crippen molar-refractivity contribution < 1.29 is 0 Å². The molecule has 0 saturated heterocycles. The van der Waals surface area contributed by atoms with Crippen molar-refractivity contribution in [1.29, 1.82) is 0 Å². The Morgan fingerprint density at radius 2 is 1.26 bits per heavy atom. The Labute approximate surface area is 183 Å². The van der Waals surface area contributed by atoms with Crippen LogP contribution in [-0.2, 0) is 12.8 Å². The molecule has 0 atom stereocenters. The highest BCUT2D eigenvalue weighted by molar-refractivity contribution is 5.57. The van der Waals surface area contributed by atoms with E-state index in [4.69, 9.17) is 0 Å². The van der Waals surface area contributed by atoms with Crippen molar-refractivity contribution in [3.8, 4) is 0 Å². The first kappa shape index (κ1) is 20.5. The quantitative estimate of drug-likeness (QED) is 0.365. The third-order valence-electron chi connectivity index (χ3n) is 4.93. The molecule has 156 valence electrons. The number of nitrogens with one attached hydrogen (secondary N) is 2. The fourth-order valence-electron chi connectivity index (χ4n) is 3.46. The first-order valence-corrected chi connectivity index (χ1v) is 10.6. The zero-order chi connectivity index (χ0) is 21.5. The molecule has 4 rings (SSSR count). The Morgan fingerprint density at radius 3 is 1.97 bits per heavy atom. The molecule has 0 unspecified atom stereocenters. The molecular weight excluding hydrogens is 382 g/mol. The summed E-state index contributed by atoms with van der Waals surface area (Å²) in [5, 5.41) is 6.62. The average Bonchev–Trinajstić information content (AvgIpc) is 2.74. The van der Waals surface area contributed by atoms with E-state index in [-0.39, 0.29) is 0 Å². The van der Waals surface area contributed by atoms with Gasteiger partial charge in [0.15, 0.2) is 0 Å². The Kier molecular flexibility index (Phi) is 6.53. The van der Waals surface area contributed by atoms with Crippen LogP contribution in [0.4, 0.5) is 23.3 Å². The predicted molar refractivity (Wildman–Crippen MR) is 127 cm³/mol. The van der Waals surface area contributed by atoms with Crippen molar-refractivity contribution in [2.75, 3.05) is 10.6 Å². The number of aryl methyl sites for hydroxylation is 4. The molecule has 0 bridgehead atoms. The summed E-state index contributed by atoms with van der Waals surface area (Å²) >= 11 is 0. The van der Waals surface area contributed by atoms with Crippen LogP contribution in [0.25, 0.3) is 0 Å². The van der Waals surface area contributed by atoms with Crippen LogP contribution in [0.5, 0.6) is 0 Å². The molecule has 0 radical (unpaired) electrons. The maximum atomic E-state index is 4.68. The Hall–Kier alpha value is -3.73. The second kappa shape index (κ2) is 9.85. The molecule has 0 aliphatic rings. The maximum absolute atomic E-state index is 4.68. The molecule has 4 aromatic rings. The van der Waals surface area contributed by atoms with Gasteiger partial charge < -0.3 is 10.6 Å². The summed E-state index contributed by atoms with van der Waals surface area (Å²) < 4.78 is 0. The molecule has 31 heavy (non-hydrogen) atoms. The molecule has 1 heterocycles. The minimum absolute atomic E-state index is 0.543. The summed E-state index contributed by atoms with van der Waals surface area (Å²) in [6.07, 6.45) is 2.75. The van der Waals surface area contributed by atoms with E-state index in [0.717, 1.165) is 36.5 Å². The largest absolute Gasteiger partial charge is 0.324 e. The summed E-state index contributed by atoms with van der Waals surface area (Å²) in [4.78, 5) is 13.9. The van der Waals surface area contributed by atoms with E-state index in [1.165, 1.54) is 16.7 Å². The summed E-state index contributed by atoms with van der Waals surface area (Å²) in [7, 11) is 0. The lowest BCUT2D eigenvalue weighted by atomic mass is 10.1. The van der Waals surface area contributed by atoms with Gasteiger partial charge in [-0.25, -0.2) is 0 Å². The van der Waals surface area contributed by atoms with Gasteiger partial charge in [0.25, 0.3) is 0 Å². The summed E-state index contributed by atoms with van der Waals surface area (Å²) in [5.41, 5.74) is 5.72. The number of hydrogen-bond acceptors (Lipinski definition) is 5. The number of rotatable bonds is 8. The van der Waals surface area contributed by atoms with Gasteiger partial charge >= 0.3 is 0 Å². The van der Waals surface area contributed by atoms with E-state index in [1.807, 2.05) is 42.5 Å². The van der Waals surface area contributed by atoms with Crippen LogP contribution in [0.15, 0.2) is 78.9 Å². The highest BCUT2D eigenvalue weighted by atomic mass is 15.2. The number of para-hydroxylation sites is 1. The second-order valence-electron chi connectivity index (χ2n) is 7.73. The van der Waals surface area contributed by atoms with Gasteiger partial charge in [-0.05, 0) is 62.1 Å². The summed E-state index contributed by atoms with van der Waals surface area (Å²) in [5.74, 6) is 1.86. The Morgan fingerprint density at radius 1 is 0.613 bits per heavy atom. The van der Waals surface area contributed by atoms with Gasteiger partial charge in [0, 0.05) is 17.8 Å². The monoisotopic (exact) mass is 409 g/mol. The van der Waals surface area contributed by atoms with Crippen LogP contribution in [0.3, 0.4) is 0 Å². The number of aromatic nitrogens is 3. The number of hydrogen-bond donors (Lipinski definition) is 2. The normalized spacial score (nSPS) is 10.6. The first-order chi connectivity index (χ1) is 15.1. The zero-order valence-corrected chi connectivity index (χ0v) is 18.0. The van der Waals surface area contributed by atoms with Crippen molar-refractivity contribution in [2.45, 2.75) is 33.1 Å². The lowest BCUT2D eigenvalue weighted by Crippen LogP contribution is -2.08. The third-order valence-corrected chi connectivity index (χ3v) is 4.93. The minimum atomic E-state index is 0.543. The molecule has 2 N–H and O–H groups in total. The van der Waals surface area contributed by atoms with Gasteiger partial charge in [0.2, 0.25) is 11.9 Å². The fraction of sp³-hybridized carbons (Fsp3) is 0.192. The molecule has 3 aromatic carbocycles. The van der Waals surface area contributed by atoms with E-state index in [2.05, 4.69) is 75.8 Å². The van der Waals surface area contributed by atoms with Crippen LogP contribution in [-0.4, -0.2) is 15.0 Å². The van der Waals surface area contributed by atoms with Crippen LogP contribution in [0, 0.1) is 13.8 Å². The van der Waals surface area contributed by atoms with Gasteiger partial charge in [0.1, 0.15) is 5.82 Å². The van der Waals surface area contributed by atoms with Gasteiger partial charge in [-0.2, -0.15) is 15.0 Å². The number of benzene rings is 3. The van der Waals surface area contributed by atoms with Crippen molar-refractivity contribution in [3.63, 3.8) is 0 Å². The smallest absolute Gasteiger partial charge is 0.232 e. The van der Waals surface area contributed by atoms with Crippen LogP contribution >= 0.6 is 0 Å². The molecule has 0 saturated carbocycles. The topological polar surface area (TPSA) is 62.7 Å². The average molecular weight is 410 g/mol. The van der Waals surface area contributed by atoms with Crippen molar-refractivity contribution in [1.82, 2.24) is 15.0 Å². The van der Waals surface area contributed by atoms with Crippen molar-refractivity contribution >= 4 is 23.3 Å². The minimum Gasteiger partial charge on any atom is -0.324 e. The second-order valence-corrected chi connectivity index (χ2v) is 7.73. The molecule has 5 nitrogen and oxygen atoms in total. The highest BCUT2D eigenvalue weighted by Crippen LogP contribution is 2.19. The maximum Gasteiger partial charge on any atom is 0.232 e. The Balaban J connectivity index is 1.53. The summed E-state index contributed by atoms with van der Waals surface area (Å²) in [6.45, 7) is 4.19. The Bertz CT molecular complexity index is 1140. The van der Waals surface area contributed by atoms with E-state index in [0.29, 0.717) is 11.9 Å². The highest BCUT2D eigenvalue weighted by Gasteiger charge is 2.08. The number of nitrogens with zero attached hydrogens (tertiary/aromatic N) is 3. The van der Waals surface area contributed by atoms with Crippen LogP contribution in [0.2, 0.25) is 0 Å². The van der Waals surface area contributed by atoms with Crippen LogP contribution in [0.1, 0.15) is 28.9 Å².